The van der Waals surface area contributed by atoms with Gasteiger partial charge in [0.25, 0.3) is 0 Å². The van der Waals surface area contributed by atoms with Crippen molar-refractivity contribution in [3.63, 3.8) is 0 Å². The van der Waals surface area contributed by atoms with Crippen LogP contribution in [0.1, 0.15) is 5.69 Å². The predicted molar refractivity (Wildman–Crippen MR) is 113 cm³/mol. The quantitative estimate of drug-likeness (QED) is 0.500. The number of nitrogens with zero attached hydrogens (tertiary/aromatic N) is 1. The summed E-state index contributed by atoms with van der Waals surface area (Å²) in [5.74, 6) is -1.73. The van der Waals surface area contributed by atoms with E-state index in [9.17, 15) is 18.4 Å². The van der Waals surface area contributed by atoms with E-state index in [0.29, 0.717) is 21.5 Å². The summed E-state index contributed by atoms with van der Waals surface area (Å²) in [5, 5.41) is 6.99. The second kappa shape index (κ2) is 10.2. The Bertz CT molecular complexity index is 1040. The van der Waals surface area contributed by atoms with Crippen LogP contribution in [0, 0.1) is 11.6 Å². The molecule has 0 radical (unpaired) electrons. The van der Waals surface area contributed by atoms with Crippen molar-refractivity contribution in [3.8, 4) is 5.75 Å². The number of rotatable bonds is 8. The van der Waals surface area contributed by atoms with Gasteiger partial charge in [-0.3, -0.25) is 9.59 Å². The fourth-order valence-electron chi connectivity index (χ4n) is 2.38. The lowest BCUT2D eigenvalue weighted by molar-refractivity contribution is -0.116. The highest BCUT2D eigenvalue weighted by molar-refractivity contribution is 8.01. The highest BCUT2D eigenvalue weighted by Crippen LogP contribution is 2.24. The molecule has 0 fully saturated rings. The third-order valence-electron chi connectivity index (χ3n) is 3.78. The Kier molecular flexibility index (Phi) is 7.36. The lowest BCUT2D eigenvalue weighted by Gasteiger charge is -2.05. The van der Waals surface area contributed by atoms with Gasteiger partial charge in [-0.2, -0.15) is 0 Å². The van der Waals surface area contributed by atoms with E-state index in [4.69, 9.17) is 4.74 Å². The number of hydrogen-bond acceptors (Lipinski definition) is 6. The summed E-state index contributed by atoms with van der Waals surface area (Å²) in [6.45, 7) is 0. The van der Waals surface area contributed by atoms with Crippen molar-refractivity contribution in [2.24, 2.45) is 0 Å². The molecule has 6 nitrogen and oxygen atoms in total. The Morgan fingerprint density at radius 2 is 1.73 bits per heavy atom. The number of amides is 2. The monoisotopic (exact) mass is 449 g/mol. The molecule has 156 valence electrons. The maximum atomic E-state index is 13.2. The number of carbonyl (C=O) groups is 2. The topological polar surface area (TPSA) is 80.3 Å². The zero-order chi connectivity index (χ0) is 21.5. The molecule has 0 bridgehead atoms. The summed E-state index contributed by atoms with van der Waals surface area (Å²) in [6.07, 6.45) is -0.0197. The summed E-state index contributed by atoms with van der Waals surface area (Å²) >= 11 is 2.58. The summed E-state index contributed by atoms with van der Waals surface area (Å²) in [4.78, 5) is 28.4. The number of halogens is 2. The SMILES string of the molecule is COc1ccc(NC(=O)CSc2nc(CC(=O)Nc3ccc(F)c(F)c3)cs2)cc1. The van der Waals surface area contributed by atoms with E-state index in [2.05, 4.69) is 15.6 Å². The van der Waals surface area contributed by atoms with E-state index < -0.39 is 17.5 Å². The fraction of sp³-hybridized carbons (Fsp3) is 0.150. The minimum Gasteiger partial charge on any atom is -0.497 e. The van der Waals surface area contributed by atoms with Crippen molar-refractivity contribution in [1.82, 2.24) is 4.98 Å². The highest BCUT2D eigenvalue weighted by Gasteiger charge is 2.11. The molecule has 1 aromatic heterocycles. The average Bonchev–Trinajstić information content (AvgIpc) is 3.17. The largest absolute Gasteiger partial charge is 0.497 e. The summed E-state index contributed by atoms with van der Waals surface area (Å²) in [5.41, 5.74) is 1.35. The van der Waals surface area contributed by atoms with Crippen LogP contribution in [0.3, 0.4) is 0 Å². The molecule has 2 aromatic carbocycles. The molecular formula is C20H17F2N3O3S2. The van der Waals surface area contributed by atoms with Gasteiger partial charge in [-0.15, -0.1) is 11.3 Å². The third-order valence-corrected chi connectivity index (χ3v) is 5.85. The highest BCUT2D eigenvalue weighted by atomic mass is 32.2. The van der Waals surface area contributed by atoms with Crippen LogP contribution in [0.15, 0.2) is 52.2 Å². The number of methoxy groups -OCH3 is 1. The molecule has 3 rings (SSSR count). The maximum absolute atomic E-state index is 13.2. The van der Waals surface area contributed by atoms with Crippen molar-refractivity contribution in [1.29, 1.82) is 0 Å². The Balaban J connectivity index is 1.46. The number of hydrogen-bond donors (Lipinski definition) is 2. The van der Waals surface area contributed by atoms with Crippen LogP contribution in [0.4, 0.5) is 20.2 Å². The van der Waals surface area contributed by atoms with Crippen LogP contribution in [-0.2, 0) is 16.0 Å². The van der Waals surface area contributed by atoms with Crippen LogP contribution < -0.4 is 15.4 Å². The number of anilines is 2. The number of thiazole rings is 1. The van der Waals surface area contributed by atoms with Gasteiger partial charge in [-0.1, -0.05) is 11.8 Å². The molecule has 3 aromatic rings. The molecule has 10 heteroatoms. The number of carbonyl (C=O) groups excluding carboxylic acids is 2. The Labute approximate surface area is 179 Å². The van der Waals surface area contributed by atoms with E-state index in [1.54, 1.807) is 36.8 Å². The van der Waals surface area contributed by atoms with Gasteiger partial charge in [0.2, 0.25) is 11.8 Å². The van der Waals surface area contributed by atoms with Crippen LogP contribution in [0.25, 0.3) is 0 Å². The van der Waals surface area contributed by atoms with Crippen LogP contribution >= 0.6 is 23.1 Å². The van der Waals surface area contributed by atoms with Crippen molar-refractivity contribution >= 4 is 46.3 Å². The summed E-state index contributed by atoms with van der Waals surface area (Å²) in [7, 11) is 1.57. The zero-order valence-electron chi connectivity index (χ0n) is 15.8. The van der Waals surface area contributed by atoms with Gasteiger partial charge in [-0.25, -0.2) is 13.8 Å². The third kappa shape index (κ3) is 6.26. The number of benzene rings is 2. The molecule has 0 saturated carbocycles. The minimum atomic E-state index is -1.03. The van der Waals surface area contributed by atoms with Gasteiger partial charge in [0.05, 0.1) is 25.0 Å². The van der Waals surface area contributed by atoms with Crippen molar-refractivity contribution < 1.29 is 23.1 Å². The molecule has 0 atom stereocenters. The van der Waals surface area contributed by atoms with Crippen molar-refractivity contribution in [3.05, 3.63) is 65.2 Å². The number of thioether (sulfide) groups is 1. The van der Waals surface area contributed by atoms with Gasteiger partial charge in [0.15, 0.2) is 16.0 Å². The van der Waals surface area contributed by atoms with Crippen LogP contribution in [0.5, 0.6) is 5.75 Å². The van der Waals surface area contributed by atoms with E-state index in [1.165, 1.54) is 29.2 Å². The van der Waals surface area contributed by atoms with Crippen molar-refractivity contribution in [2.75, 3.05) is 23.5 Å². The smallest absolute Gasteiger partial charge is 0.234 e. The lowest BCUT2D eigenvalue weighted by atomic mass is 10.2. The Morgan fingerprint density at radius 1 is 1.03 bits per heavy atom. The first kappa shape index (κ1) is 21.7. The lowest BCUT2D eigenvalue weighted by Crippen LogP contribution is -2.15. The van der Waals surface area contributed by atoms with Gasteiger partial charge in [0, 0.05) is 22.8 Å². The zero-order valence-corrected chi connectivity index (χ0v) is 17.4. The van der Waals surface area contributed by atoms with Crippen LogP contribution in [-0.4, -0.2) is 29.7 Å². The first-order valence-corrected chi connectivity index (χ1v) is 10.6. The molecule has 0 aliphatic rings. The second-order valence-corrected chi connectivity index (χ2v) is 8.10. The number of ether oxygens (including phenoxy) is 1. The van der Waals surface area contributed by atoms with E-state index in [1.807, 2.05) is 0 Å². The molecule has 0 spiro atoms. The second-order valence-electron chi connectivity index (χ2n) is 6.02. The normalized spacial score (nSPS) is 10.5. The predicted octanol–water partition coefficient (Wildman–Crippen LogP) is 4.34. The Morgan fingerprint density at radius 3 is 2.43 bits per heavy atom. The first-order chi connectivity index (χ1) is 14.4. The van der Waals surface area contributed by atoms with Crippen LogP contribution in [0.2, 0.25) is 0 Å². The first-order valence-electron chi connectivity index (χ1n) is 8.69. The number of aromatic nitrogens is 1. The molecule has 30 heavy (non-hydrogen) atoms. The molecule has 0 saturated heterocycles. The van der Waals surface area contributed by atoms with E-state index >= 15 is 0 Å². The van der Waals surface area contributed by atoms with Gasteiger partial charge < -0.3 is 15.4 Å². The Hall–Kier alpha value is -2.98. The molecule has 2 N–H and O–H groups in total. The average molecular weight is 450 g/mol. The standard InChI is InChI=1S/C20H17F2N3O3S2/c1-28-15-5-2-12(3-6-15)23-19(27)11-30-20-25-14(10-29-20)9-18(26)24-13-4-7-16(21)17(22)8-13/h2-8,10H,9,11H2,1H3,(H,23,27)(H,24,26). The molecule has 2 amide bonds. The maximum Gasteiger partial charge on any atom is 0.234 e. The van der Waals surface area contributed by atoms with E-state index in [0.717, 1.165) is 12.1 Å². The van der Waals surface area contributed by atoms with Gasteiger partial charge >= 0.3 is 0 Å². The summed E-state index contributed by atoms with van der Waals surface area (Å²) in [6, 6.07) is 10.1. The molecule has 0 unspecified atom stereocenters. The van der Waals surface area contributed by atoms with Gasteiger partial charge in [0.1, 0.15) is 5.75 Å². The molecule has 0 aliphatic heterocycles. The van der Waals surface area contributed by atoms with Crippen molar-refractivity contribution in [2.45, 2.75) is 10.8 Å². The molecule has 1 heterocycles. The fourth-order valence-corrected chi connectivity index (χ4v) is 4.02. The molecular weight excluding hydrogens is 432 g/mol. The van der Waals surface area contributed by atoms with Gasteiger partial charge in [-0.05, 0) is 36.4 Å². The minimum absolute atomic E-state index is 0.0197. The molecule has 0 aliphatic carbocycles. The number of nitrogens with one attached hydrogen (secondary N) is 2. The van der Waals surface area contributed by atoms with E-state index in [-0.39, 0.29) is 23.8 Å². The summed E-state index contributed by atoms with van der Waals surface area (Å²) < 4.78 is 31.9.